The van der Waals surface area contributed by atoms with E-state index in [0.29, 0.717) is 10.9 Å². The molecule has 5 heteroatoms. The Morgan fingerprint density at radius 2 is 2.06 bits per heavy atom. The molecule has 0 amide bonds. The van der Waals surface area contributed by atoms with E-state index < -0.39 is 24.6 Å². The number of carbonyl (C=O) groups is 1. The fraction of sp³-hybridized carbons (Fsp3) is 0.364. The normalized spacial score (nSPS) is 14.4. The molecule has 16 heavy (non-hydrogen) atoms. The summed E-state index contributed by atoms with van der Waals surface area (Å²) in [5.74, 6) is -1.14. The van der Waals surface area contributed by atoms with Crippen molar-refractivity contribution in [3.05, 3.63) is 35.4 Å². The van der Waals surface area contributed by atoms with Gasteiger partial charge in [-0.2, -0.15) is 0 Å². The molecule has 0 spiro atoms. The van der Waals surface area contributed by atoms with Crippen LogP contribution in [0.2, 0.25) is 0 Å². The number of aliphatic carboxylic acids is 1. The predicted molar refractivity (Wildman–Crippen MR) is 62.3 cm³/mol. The lowest BCUT2D eigenvalue weighted by molar-refractivity contribution is -0.141. The van der Waals surface area contributed by atoms with Crippen LogP contribution in [-0.2, 0) is 10.1 Å². The SMILES string of the molecule is O=C(O)CC(O)C(O)c1cccc(CBr)c1. The minimum Gasteiger partial charge on any atom is -0.481 e. The van der Waals surface area contributed by atoms with Crippen LogP contribution in [0.4, 0.5) is 0 Å². The number of benzene rings is 1. The molecular weight excluding hydrogens is 276 g/mol. The molecule has 1 rings (SSSR count). The average molecular weight is 289 g/mol. The van der Waals surface area contributed by atoms with E-state index in [0.717, 1.165) is 5.56 Å². The summed E-state index contributed by atoms with van der Waals surface area (Å²) in [4.78, 5) is 10.4. The molecule has 2 unspecified atom stereocenters. The van der Waals surface area contributed by atoms with Crippen LogP contribution in [0, 0.1) is 0 Å². The summed E-state index contributed by atoms with van der Waals surface area (Å²) >= 11 is 3.28. The lowest BCUT2D eigenvalue weighted by Gasteiger charge is -2.16. The second-order valence-corrected chi connectivity index (χ2v) is 4.05. The molecule has 0 radical (unpaired) electrons. The van der Waals surface area contributed by atoms with Crippen molar-refractivity contribution in [1.82, 2.24) is 0 Å². The van der Waals surface area contributed by atoms with Gasteiger partial charge in [-0.3, -0.25) is 4.79 Å². The minimum absolute atomic E-state index is 0.473. The standard InChI is InChI=1S/C11H13BrO4/c12-6-7-2-1-3-8(4-7)11(16)9(13)5-10(14)15/h1-4,9,11,13,16H,5-6H2,(H,14,15). The maximum Gasteiger partial charge on any atom is 0.306 e. The van der Waals surface area contributed by atoms with Crippen molar-refractivity contribution in [3.63, 3.8) is 0 Å². The van der Waals surface area contributed by atoms with Gasteiger partial charge in [0, 0.05) is 5.33 Å². The van der Waals surface area contributed by atoms with E-state index >= 15 is 0 Å². The first-order valence-electron chi connectivity index (χ1n) is 4.77. The van der Waals surface area contributed by atoms with E-state index in [4.69, 9.17) is 5.11 Å². The highest BCUT2D eigenvalue weighted by Gasteiger charge is 2.21. The van der Waals surface area contributed by atoms with Gasteiger partial charge in [-0.1, -0.05) is 40.2 Å². The lowest BCUT2D eigenvalue weighted by Crippen LogP contribution is -2.21. The summed E-state index contributed by atoms with van der Waals surface area (Å²) in [6.45, 7) is 0. The van der Waals surface area contributed by atoms with Crippen molar-refractivity contribution in [2.45, 2.75) is 24.0 Å². The minimum atomic E-state index is -1.29. The molecule has 0 aromatic heterocycles. The Morgan fingerprint density at radius 3 is 2.62 bits per heavy atom. The first-order valence-corrected chi connectivity index (χ1v) is 5.89. The van der Waals surface area contributed by atoms with Crippen LogP contribution < -0.4 is 0 Å². The van der Waals surface area contributed by atoms with Crippen LogP contribution in [0.1, 0.15) is 23.7 Å². The molecule has 88 valence electrons. The molecule has 0 bridgehead atoms. The second-order valence-electron chi connectivity index (χ2n) is 3.49. The first kappa shape index (κ1) is 13.2. The number of rotatable bonds is 5. The molecule has 1 aromatic rings. The zero-order chi connectivity index (χ0) is 12.1. The van der Waals surface area contributed by atoms with Gasteiger partial charge in [0.25, 0.3) is 0 Å². The van der Waals surface area contributed by atoms with Crippen molar-refractivity contribution in [3.8, 4) is 0 Å². The average Bonchev–Trinajstić information content (AvgIpc) is 2.27. The number of aliphatic hydroxyl groups excluding tert-OH is 2. The number of carboxylic acid groups (broad SMARTS) is 1. The fourth-order valence-corrected chi connectivity index (χ4v) is 1.72. The highest BCUT2D eigenvalue weighted by Crippen LogP contribution is 2.20. The lowest BCUT2D eigenvalue weighted by atomic mass is 10.0. The van der Waals surface area contributed by atoms with E-state index in [-0.39, 0.29) is 0 Å². The Balaban J connectivity index is 2.78. The Morgan fingerprint density at radius 1 is 1.38 bits per heavy atom. The van der Waals surface area contributed by atoms with Gasteiger partial charge in [0.2, 0.25) is 0 Å². The van der Waals surface area contributed by atoms with Crippen molar-refractivity contribution in [1.29, 1.82) is 0 Å². The number of hydrogen-bond acceptors (Lipinski definition) is 3. The Labute approximate surface area is 102 Å². The fourth-order valence-electron chi connectivity index (χ4n) is 1.37. The third kappa shape index (κ3) is 3.59. The van der Waals surface area contributed by atoms with Crippen LogP contribution in [0.25, 0.3) is 0 Å². The molecule has 4 nitrogen and oxygen atoms in total. The molecular formula is C11H13BrO4. The van der Waals surface area contributed by atoms with Crippen LogP contribution in [-0.4, -0.2) is 27.4 Å². The van der Waals surface area contributed by atoms with E-state index in [2.05, 4.69) is 15.9 Å². The van der Waals surface area contributed by atoms with Crippen molar-refractivity contribution < 1.29 is 20.1 Å². The molecule has 3 N–H and O–H groups in total. The van der Waals surface area contributed by atoms with Gasteiger partial charge in [0.1, 0.15) is 6.10 Å². The maximum atomic E-state index is 10.4. The Bertz CT molecular complexity index is 367. The highest BCUT2D eigenvalue weighted by atomic mass is 79.9. The molecule has 0 aliphatic carbocycles. The van der Waals surface area contributed by atoms with Crippen molar-refractivity contribution >= 4 is 21.9 Å². The van der Waals surface area contributed by atoms with Crippen LogP contribution in [0.3, 0.4) is 0 Å². The first-order chi connectivity index (χ1) is 7.54. The van der Waals surface area contributed by atoms with Crippen molar-refractivity contribution in [2.24, 2.45) is 0 Å². The maximum absolute atomic E-state index is 10.4. The Kier molecular flexibility index (Phi) is 4.92. The smallest absolute Gasteiger partial charge is 0.306 e. The van der Waals surface area contributed by atoms with Crippen LogP contribution in [0.5, 0.6) is 0 Å². The zero-order valence-electron chi connectivity index (χ0n) is 8.51. The van der Waals surface area contributed by atoms with Crippen molar-refractivity contribution in [2.75, 3.05) is 0 Å². The molecule has 0 fully saturated rings. The molecule has 0 heterocycles. The molecule has 1 aromatic carbocycles. The molecule has 0 aliphatic heterocycles. The molecule has 2 atom stereocenters. The van der Waals surface area contributed by atoms with Gasteiger partial charge >= 0.3 is 5.97 Å². The largest absolute Gasteiger partial charge is 0.481 e. The number of alkyl halides is 1. The van der Waals surface area contributed by atoms with Gasteiger partial charge in [0.05, 0.1) is 12.5 Å². The third-order valence-electron chi connectivity index (χ3n) is 2.20. The number of carboxylic acids is 1. The number of aliphatic hydroxyl groups is 2. The van der Waals surface area contributed by atoms with Gasteiger partial charge in [0.15, 0.2) is 0 Å². The Hall–Kier alpha value is -0.910. The van der Waals surface area contributed by atoms with E-state index in [1.54, 1.807) is 18.2 Å². The van der Waals surface area contributed by atoms with Gasteiger partial charge in [-0.25, -0.2) is 0 Å². The summed E-state index contributed by atoms with van der Waals surface area (Å²) in [6.07, 6.45) is -2.93. The predicted octanol–water partition coefficient (Wildman–Crippen LogP) is 1.45. The third-order valence-corrected chi connectivity index (χ3v) is 2.84. The monoisotopic (exact) mass is 288 g/mol. The number of hydrogen-bond donors (Lipinski definition) is 3. The summed E-state index contributed by atoms with van der Waals surface area (Å²) in [6, 6.07) is 7.00. The molecule has 0 aliphatic rings. The zero-order valence-corrected chi connectivity index (χ0v) is 10.1. The molecule has 0 saturated heterocycles. The van der Waals surface area contributed by atoms with Gasteiger partial charge in [-0.15, -0.1) is 0 Å². The van der Waals surface area contributed by atoms with E-state index in [9.17, 15) is 15.0 Å². The topological polar surface area (TPSA) is 77.8 Å². The summed E-state index contributed by atoms with van der Waals surface area (Å²) < 4.78 is 0. The van der Waals surface area contributed by atoms with Crippen LogP contribution >= 0.6 is 15.9 Å². The highest BCUT2D eigenvalue weighted by molar-refractivity contribution is 9.08. The van der Waals surface area contributed by atoms with E-state index in [1.807, 2.05) is 6.07 Å². The summed E-state index contributed by atoms with van der Waals surface area (Å²) in [5.41, 5.74) is 1.48. The second kappa shape index (κ2) is 5.98. The van der Waals surface area contributed by atoms with E-state index in [1.165, 1.54) is 0 Å². The molecule has 0 saturated carbocycles. The quantitative estimate of drug-likeness (QED) is 0.717. The van der Waals surface area contributed by atoms with Gasteiger partial charge < -0.3 is 15.3 Å². The van der Waals surface area contributed by atoms with Crippen LogP contribution in [0.15, 0.2) is 24.3 Å². The number of halogens is 1. The summed E-state index contributed by atoms with van der Waals surface area (Å²) in [5, 5.41) is 28.3. The van der Waals surface area contributed by atoms with Gasteiger partial charge in [-0.05, 0) is 11.1 Å². The summed E-state index contributed by atoms with van der Waals surface area (Å²) in [7, 11) is 0.